The zero-order valence-electron chi connectivity index (χ0n) is 25.7. The minimum absolute atomic E-state index is 0.0919. The van der Waals surface area contributed by atoms with E-state index in [1.807, 2.05) is 24.3 Å². The lowest BCUT2D eigenvalue weighted by Gasteiger charge is -2.33. The molecule has 40 heavy (non-hydrogen) atoms. The van der Waals surface area contributed by atoms with Gasteiger partial charge < -0.3 is 4.90 Å². The molecule has 1 aromatic carbocycles. The number of rotatable bonds is 14. The molecule has 0 radical (unpaired) electrons. The van der Waals surface area contributed by atoms with Crippen molar-refractivity contribution in [2.75, 3.05) is 13.6 Å². The molecule has 1 atom stereocenters. The molecular formula is C39H49N. The van der Waals surface area contributed by atoms with E-state index in [4.69, 9.17) is 0 Å². The molecule has 210 valence electrons. The first-order chi connectivity index (χ1) is 19.1. The van der Waals surface area contributed by atoms with Crippen molar-refractivity contribution in [3.05, 3.63) is 163 Å². The first kappa shape index (κ1) is 32.4. The van der Waals surface area contributed by atoms with Crippen LogP contribution in [0.25, 0.3) is 5.57 Å². The summed E-state index contributed by atoms with van der Waals surface area (Å²) in [4.78, 5) is 2.26. The third-order valence-electron chi connectivity index (χ3n) is 7.32. The molecule has 0 aromatic heterocycles. The van der Waals surface area contributed by atoms with Gasteiger partial charge in [0.2, 0.25) is 0 Å². The van der Waals surface area contributed by atoms with E-state index in [0.29, 0.717) is 5.92 Å². The van der Waals surface area contributed by atoms with Crippen LogP contribution < -0.4 is 0 Å². The zero-order valence-corrected chi connectivity index (χ0v) is 25.7. The lowest BCUT2D eigenvalue weighted by atomic mass is 9.72. The van der Waals surface area contributed by atoms with Crippen LogP contribution in [0.2, 0.25) is 0 Å². The van der Waals surface area contributed by atoms with Crippen molar-refractivity contribution in [2.45, 2.75) is 47.5 Å². The summed E-state index contributed by atoms with van der Waals surface area (Å²) in [6, 6.07) is 10.5. The maximum atomic E-state index is 4.16. The van der Waals surface area contributed by atoms with Gasteiger partial charge in [0.1, 0.15) is 0 Å². The molecule has 2 rings (SSSR count). The Morgan fingerprint density at radius 1 is 1.00 bits per heavy atom. The van der Waals surface area contributed by atoms with Crippen LogP contribution in [0.15, 0.2) is 157 Å². The molecule has 0 saturated heterocycles. The van der Waals surface area contributed by atoms with Gasteiger partial charge in [-0.1, -0.05) is 143 Å². The summed E-state index contributed by atoms with van der Waals surface area (Å²) in [5, 5.41) is 0. The minimum Gasteiger partial charge on any atom is -0.371 e. The van der Waals surface area contributed by atoms with Crippen LogP contribution in [0.5, 0.6) is 0 Å². The first-order valence-electron chi connectivity index (χ1n) is 14.3. The highest BCUT2D eigenvalue weighted by Crippen LogP contribution is 2.41. The molecule has 1 heteroatoms. The second kappa shape index (κ2) is 16.3. The number of allylic oxidation sites excluding steroid dienone is 17. The summed E-state index contributed by atoms with van der Waals surface area (Å²) in [5.41, 5.74) is 8.60. The van der Waals surface area contributed by atoms with E-state index in [1.165, 1.54) is 33.4 Å². The fraction of sp³-hybridized carbons (Fsp3) is 0.282. The molecule has 1 aliphatic carbocycles. The van der Waals surface area contributed by atoms with Crippen LogP contribution in [0, 0.1) is 11.3 Å². The Kier molecular flexibility index (Phi) is 13.2. The highest BCUT2D eigenvalue weighted by Gasteiger charge is 2.28. The van der Waals surface area contributed by atoms with Crippen molar-refractivity contribution in [1.29, 1.82) is 0 Å². The van der Waals surface area contributed by atoms with E-state index in [1.54, 1.807) is 6.08 Å². The molecule has 0 heterocycles. The largest absolute Gasteiger partial charge is 0.371 e. The Morgan fingerprint density at radius 2 is 1.73 bits per heavy atom. The number of hydrogen-bond donors (Lipinski definition) is 0. The smallest absolute Gasteiger partial charge is 0.0363 e. The van der Waals surface area contributed by atoms with Gasteiger partial charge in [-0.2, -0.15) is 0 Å². The highest BCUT2D eigenvalue weighted by molar-refractivity contribution is 5.78. The summed E-state index contributed by atoms with van der Waals surface area (Å²) >= 11 is 0. The van der Waals surface area contributed by atoms with E-state index in [9.17, 15) is 0 Å². The van der Waals surface area contributed by atoms with Gasteiger partial charge in [-0.25, -0.2) is 0 Å². The molecule has 0 N–H and O–H groups in total. The second-order valence-corrected chi connectivity index (χ2v) is 11.1. The summed E-state index contributed by atoms with van der Waals surface area (Å²) in [6.45, 7) is 24.1. The Morgan fingerprint density at radius 3 is 2.33 bits per heavy atom. The molecule has 0 fully saturated rings. The Bertz CT molecular complexity index is 1260. The van der Waals surface area contributed by atoms with Crippen molar-refractivity contribution in [3.63, 3.8) is 0 Å². The third kappa shape index (κ3) is 9.42. The van der Waals surface area contributed by atoms with E-state index in [2.05, 4.69) is 145 Å². The SMILES string of the molecule is C=C/C=C\C=C/C/C(C=C)=C(/C=C\CN(C)/C(C=C)=C/C(=C(C)C)C(C)(C)C1=C[C@@H](C)CC=C1)c1ccccc1. The van der Waals surface area contributed by atoms with Crippen LogP contribution in [-0.4, -0.2) is 18.5 Å². The Labute approximate surface area is 245 Å². The molecule has 0 aliphatic heterocycles. The van der Waals surface area contributed by atoms with Crippen molar-refractivity contribution < 1.29 is 0 Å². The Balaban J connectivity index is 2.36. The molecule has 1 nitrogen and oxygen atoms in total. The molecule has 0 bridgehead atoms. The number of hydrogen-bond acceptors (Lipinski definition) is 1. The molecule has 0 amide bonds. The van der Waals surface area contributed by atoms with Crippen LogP contribution in [0.1, 0.15) is 53.0 Å². The average Bonchev–Trinajstić information content (AvgIpc) is 2.94. The van der Waals surface area contributed by atoms with Gasteiger partial charge in [0.25, 0.3) is 0 Å². The highest BCUT2D eigenvalue weighted by atomic mass is 15.1. The van der Waals surface area contributed by atoms with Crippen LogP contribution in [0.3, 0.4) is 0 Å². The monoisotopic (exact) mass is 531 g/mol. The zero-order chi connectivity index (χ0) is 29.5. The fourth-order valence-electron chi connectivity index (χ4n) is 4.99. The fourth-order valence-corrected chi connectivity index (χ4v) is 4.99. The lowest BCUT2D eigenvalue weighted by molar-refractivity contribution is 0.474. The van der Waals surface area contributed by atoms with Gasteiger partial charge in [0, 0.05) is 24.7 Å². The van der Waals surface area contributed by atoms with Gasteiger partial charge in [-0.05, 0) is 72.6 Å². The minimum atomic E-state index is -0.0919. The van der Waals surface area contributed by atoms with Crippen LogP contribution in [0.4, 0.5) is 0 Å². The maximum Gasteiger partial charge on any atom is 0.0363 e. The van der Waals surface area contributed by atoms with Gasteiger partial charge in [0.15, 0.2) is 0 Å². The van der Waals surface area contributed by atoms with E-state index in [-0.39, 0.29) is 5.41 Å². The molecule has 1 aliphatic rings. The summed E-state index contributed by atoms with van der Waals surface area (Å²) in [5.74, 6) is 0.569. The third-order valence-corrected chi connectivity index (χ3v) is 7.32. The van der Waals surface area contributed by atoms with Crippen LogP contribution >= 0.6 is 0 Å². The Hall–Kier alpha value is -3.84. The van der Waals surface area contributed by atoms with Crippen molar-refractivity contribution in [1.82, 2.24) is 4.90 Å². The van der Waals surface area contributed by atoms with Gasteiger partial charge >= 0.3 is 0 Å². The predicted molar refractivity (Wildman–Crippen MR) is 180 cm³/mol. The lowest BCUT2D eigenvalue weighted by Crippen LogP contribution is -2.22. The van der Waals surface area contributed by atoms with Crippen molar-refractivity contribution in [2.24, 2.45) is 11.3 Å². The average molecular weight is 532 g/mol. The topological polar surface area (TPSA) is 3.24 Å². The summed E-state index contributed by atoms with van der Waals surface area (Å²) < 4.78 is 0. The predicted octanol–water partition coefficient (Wildman–Crippen LogP) is 10.8. The molecule has 0 spiro atoms. The molecular weight excluding hydrogens is 482 g/mol. The van der Waals surface area contributed by atoms with Crippen LogP contribution in [-0.2, 0) is 0 Å². The maximum absolute atomic E-state index is 4.16. The van der Waals surface area contributed by atoms with Crippen molar-refractivity contribution in [3.8, 4) is 0 Å². The van der Waals surface area contributed by atoms with Gasteiger partial charge in [-0.3, -0.25) is 0 Å². The normalized spacial score (nSPS) is 16.7. The van der Waals surface area contributed by atoms with Gasteiger partial charge in [-0.15, -0.1) is 0 Å². The summed E-state index contributed by atoms with van der Waals surface area (Å²) in [6.07, 6.45) is 29.5. The summed E-state index contributed by atoms with van der Waals surface area (Å²) in [7, 11) is 2.13. The van der Waals surface area contributed by atoms with Crippen molar-refractivity contribution >= 4 is 5.57 Å². The molecule has 0 saturated carbocycles. The van der Waals surface area contributed by atoms with E-state index < -0.39 is 0 Å². The molecule has 0 unspecified atom stereocenters. The number of nitrogens with zero attached hydrogens (tertiary/aromatic N) is 1. The molecule has 1 aromatic rings. The first-order valence-corrected chi connectivity index (χ1v) is 14.3. The van der Waals surface area contributed by atoms with E-state index in [0.717, 1.165) is 25.1 Å². The standard InChI is InChI=1S/C39H49N/c1-10-13-14-15-17-23-33(11-2)37(34-24-18-16-19-25-34)27-21-28-40(9)36(12-3)30-38(31(4)5)39(7,8)35-26-20-22-32(6)29-35/h10-21,24-27,29-30,32H,1-3,22-23,28H2,4-9H3/b14-13-,17-15-,27-21-,36-30+,37-33-/t32-/m0/s1. The number of likely N-dealkylation sites (N-methyl/N-ethyl adjacent to an activating group) is 1. The van der Waals surface area contributed by atoms with E-state index >= 15 is 0 Å². The second-order valence-electron chi connectivity index (χ2n) is 11.1. The quantitative estimate of drug-likeness (QED) is 0.216. The number of benzene rings is 1. The van der Waals surface area contributed by atoms with Gasteiger partial charge in [0.05, 0.1) is 0 Å².